The van der Waals surface area contributed by atoms with Crippen LogP contribution in [0.1, 0.15) is 24.2 Å². The number of amides is 1. The van der Waals surface area contributed by atoms with Crippen LogP contribution in [0.2, 0.25) is 0 Å². The molecule has 1 aromatic heterocycles. The summed E-state index contributed by atoms with van der Waals surface area (Å²) in [7, 11) is 0. The maximum atomic E-state index is 11.6. The molecule has 5 nitrogen and oxygen atoms in total. The number of hydrogen-bond donors (Lipinski definition) is 1. The molecule has 1 atom stereocenters. The Bertz CT molecular complexity index is 358. The van der Waals surface area contributed by atoms with Crippen LogP contribution in [0, 0.1) is 0 Å². The van der Waals surface area contributed by atoms with Gasteiger partial charge in [0, 0.05) is 6.54 Å². The maximum absolute atomic E-state index is 11.6. The van der Waals surface area contributed by atoms with Crippen LogP contribution in [0.25, 0.3) is 0 Å². The van der Waals surface area contributed by atoms with Crippen molar-refractivity contribution in [2.45, 2.75) is 25.7 Å². The number of nitrogens with one attached hydrogen (secondary N) is 1. The number of furan rings is 1. The van der Waals surface area contributed by atoms with Crippen LogP contribution in [-0.4, -0.2) is 30.9 Å². The SMILES string of the molecule is CC1(C)OCC(CNC(=O)c2ccoc2)O1. The maximum Gasteiger partial charge on any atom is 0.254 e. The monoisotopic (exact) mass is 225 g/mol. The molecule has 2 heterocycles. The summed E-state index contributed by atoms with van der Waals surface area (Å²) in [5, 5.41) is 2.76. The van der Waals surface area contributed by atoms with Crippen molar-refractivity contribution >= 4 is 5.91 Å². The first kappa shape index (κ1) is 11.2. The zero-order chi connectivity index (χ0) is 11.6. The van der Waals surface area contributed by atoms with Gasteiger partial charge in [-0.05, 0) is 19.9 Å². The minimum Gasteiger partial charge on any atom is -0.472 e. The number of carbonyl (C=O) groups excluding carboxylic acids is 1. The molecule has 5 heteroatoms. The van der Waals surface area contributed by atoms with Gasteiger partial charge in [-0.15, -0.1) is 0 Å². The second-order valence-corrected chi connectivity index (χ2v) is 4.17. The Labute approximate surface area is 93.7 Å². The van der Waals surface area contributed by atoms with Gasteiger partial charge in [0.2, 0.25) is 0 Å². The third-order valence-electron chi connectivity index (χ3n) is 2.34. The molecule has 1 aromatic rings. The van der Waals surface area contributed by atoms with Gasteiger partial charge in [-0.25, -0.2) is 0 Å². The minimum absolute atomic E-state index is 0.0918. The Morgan fingerprint density at radius 1 is 1.62 bits per heavy atom. The molecule has 0 aromatic carbocycles. The van der Waals surface area contributed by atoms with Gasteiger partial charge in [-0.3, -0.25) is 4.79 Å². The lowest BCUT2D eigenvalue weighted by Crippen LogP contribution is -2.34. The summed E-state index contributed by atoms with van der Waals surface area (Å²) in [6, 6.07) is 1.62. The molecule has 1 saturated heterocycles. The molecule has 1 unspecified atom stereocenters. The van der Waals surface area contributed by atoms with Crippen LogP contribution in [0.15, 0.2) is 23.0 Å². The molecule has 0 aliphatic carbocycles. The molecule has 1 amide bonds. The molecule has 0 bridgehead atoms. The Hall–Kier alpha value is -1.33. The quantitative estimate of drug-likeness (QED) is 0.838. The van der Waals surface area contributed by atoms with Crippen molar-refractivity contribution in [1.82, 2.24) is 5.32 Å². The smallest absolute Gasteiger partial charge is 0.254 e. The van der Waals surface area contributed by atoms with E-state index < -0.39 is 5.79 Å². The lowest BCUT2D eigenvalue weighted by atomic mass is 10.3. The highest BCUT2D eigenvalue weighted by Crippen LogP contribution is 2.21. The van der Waals surface area contributed by atoms with Crippen LogP contribution in [0.5, 0.6) is 0 Å². The van der Waals surface area contributed by atoms with E-state index >= 15 is 0 Å². The van der Waals surface area contributed by atoms with Gasteiger partial charge in [0.15, 0.2) is 5.79 Å². The van der Waals surface area contributed by atoms with E-state index in [2.05, 4.69) is 5.32 Å². The lowest BCUT2D eigenvalue weighted by molar-refractivity contribution is -0.137. The van der Waals surface area contributed by atoms with Crippen LogP contribution in [-0.2, 0) is 9.47 Å². The fourth-order valence-corrected chi connectivity index (χ4v) is 1.57. The summed E-state index contributed by atoms with van der Waals surface area (Å²) in [4.78, 5) is 11.6. The highest BCUT2D eigenvalue weighted by molar-refractivity contribution is 5.93. The highest BCUT2D eigenvalue weighted by Gasteiger charge is 2.32. The number of carbonyl (C=O) groups is 1. The number of ether oxygens (including phenoxy) is 2. The van der Waals surface area contributed by atoms with Gasteiger partial charge in [-0.2, -0.15) is 0 Å². The zero-order valence-corrected chi connectivity index (χ0v) is 9.36. The van der Waals surface area contributed by atoms with Crippen molar-refractivity contribution in [2.24, 2.45) is 0 Å². The summed E-state index contributed by atoms with van der Waals surface area (Å²) in [6.07, 6.45) is 2.78. The summed E-state index contributed by atoms with van der Waals surface area (Å²) in [5.74, 6) is -0.715. The average Bonchev–Trinajstić information content (AvgIpc) is 2.83. The van der Waals surface area contributed by atoms with E-state index in [-0.39, 0.29) is 12.0 Å². The molecule has 0 spiro atoms. The number of rotatable bonds is 3. The van der Waals surface area contributed by atoms with E-state index in [1.165, 1.54) is 12.5 Å². The normalized spacial score (nSPS) is 23.2. The Morgan fingerprint density at radius 3 is 3.00 bits per heavy atom. The lowest BCUT2D eigenvalue weighted by Gasteiger charge is -2.17. The molecule has 1 aliphatic heterocycles. The van der Waals surface area contributed by atoms with E-state index in [0.29, 0.717) is 18.7 Å². The van der Waals surface area contributed by atoms with Gasteiger partial charge in [0.05, 0.1) is 18.4 Å². The molecular formula is C11H15NO4. The summed E-state index contributed by atoms with van der Waals surface area (Å²) < 4.78 is 15.8. The second-order valence-electron chi connectivity index (χ2n) is 4.17. The predicted octanol–water partition coefficient (Wildman–Crippen LogP) is 1.16. The molecule has 0 saturated carbocycles. The first-order valence-corrected chi connectivity index (χ1v) is 5.19. The fraction of sp³-hybridized carbons (Fsp3) is 0.545. The number of hydrogen-bond acceptors (Lipinski definition) is 4. The van der Waals surface area contributed by atoms with Crippen molar-refractivity contribution < 1.29 is 18.7 Å². The first-order valence-electron chi connectivity index (χ1n) is 5.19. The van der Waals surface area contributed by atoms with Gasteiger partial charge in [0.1, 0.15) is 12.4 Å². The Morgan fingerprint density at radius 2 is 2.44 bits per heavy atom. The van der Waals surface area contributed by atoms with E-state index in [4.69, 9.17) is 13.9 Å². The third kappa shape index (κ3) is 2.62. The Balaban J connectivity index is 1.79. The fourth-order valence-electron chi connectivity index (χ4n) is 1.57. The highest BCUT2D eigenvalue weighted by atomic mass is 16.7. The van der Waals surface area contributed by atoms with Crippen molar-refractivity contribution in [1.29, 1.82) is 0 Å². The molecular weight excluding hydrogens is 210 g/mol. The minimum atomic E-state index is -0.551. The molecule has 0 radical (unpaired) electrons. The van der Waals surface area contributed by atoms with E-state index in [1.807, 2.05) is 13.8 Å². The second kappa shape index (κ2) is 4.27. The van der Waals surface area contributed by atoms with Crippen LogP contribution < -0.4 is 5.32 Å². The summed E-state index contributed by atoms with van der Waals surface area (Å²) in [5.41, 5.74) is 0.512. The standard InChI is InChI=1S/C11H15NO4/c1-11(2)15-7-9(16-11)5-12-10(13)8-3-4-14-6-8/h3-4,6,9H,5,7H2,1-2H3,(H,12,13). The van der Waals surface area contributed by atoms with Crippen LogP contribution >= 0.6 is 0 Å². The third-order valence-corrected chi connectivity index (χ3v) is 2.34. The molecule has 2 rings (SSSR count). The topological polar surface area (TPSA) is 60.7 Å². The largest absolute Gasteiger partial charge is 0.472 e. The van der Waals surface area contributed by atoms with Gasteiger partial charge < -0.3 is 19.2 Å². The van der Waals surface area contributed by atoms with Gasteiger partial charge >= 0.3 is 0 Å². The summed E-state index contributed by atoms with van der Waals surface area (Å²) >= 11 is 0. The summed E-state index contributed by atoms with van der Waals surface area (Å²) in [6.45, 7) is 4.64. The Kier molecular flexibility index (Phi) is 2.98. The van der Waals surface area contributed by atoms with Gasteiger partial charge in [-0.1, -0.05) is 0 Å². The molecule has 16 heavy (non-hydrogen) atoms. The van der Waals surface area contributed by atoms with Crippen molar-refractivity contribution in [3.05, 3.63) is 24.2 Å². The predicted molar refractivity (Wildman–Crippen MR) is 55.9 cm³/mol. The molecule has 1 fully saturated rings. The van der Waals surface area contributed by atoms with Crippen molar-refractivity contribution in [2.75, 3.05) is 13.2 Å². The van der Waals surface area contributed by atoms with E-state index in [1.54, 1.807) is 6.07 Å². The van der Waals surface area contributed by atoms with Gasteiger partial charge in [0.25, 0.3) is 5.91 Å². The van der Waals surface area contributed by atoms with Crippen molar-refractivity contribution in [3.63, 3.8) is 0 Å². The van der Waals surface area contributed by atoms with Crippen molar-refractivity contribution in [3.8, 4) is 0 Å². The van der Waals surface area contributed by atoms with Crippen LogP contribution in [0.4, 0.5) is 0 Å². The molecule has 1 N–H and O–H groups in total. The van der Waals surface area contributed by atoms with Crippen LogP contribution in [0.3, 0.4) is 0 Å². The van der Waals surface area contributed by atoms with E-state index in [0.717, 1.165) is 0 Å². The van der Waals surface area contributed by atoms with E-state index in [9.17, 15) is 4.79 Å². The first-order chi connectivity index (χ1) is 7.57. The average molecular weight is 225 g/mol. The zero-order valence-electron chi connectivity index (χ0n) is 9.36. The molecule has 88 valence electrons. The molecule has 1 aliphatic rings.